The van der Waals surface area contributed by atoms with E-state index in [0.29, 0.717) is 40.6 Å². The molecule has 0 unspecified atom stereocenters. The summed E-state index contributed by atoms with van der Waals surface area (Å²) < 4.78 is 80.9. The summed E-state index contributed by atoms with van der Waals surface area (Å²) >= 11 is 0. The second-order valence-electron chi connectivity index (χ2n) is 17.0. The Balaban J connectivity index is 1.15. The molecule has 1 aliphatic heterocycles. The maximum absolute atomic E-state index is 14.9. The van der Waals surface area contributed by atoms with E-state index < -0.39 is 79.8 Å². The van der Waals surface area contributed by atoms with Crippen LogP contribution in [0.2, 0.25) is 0 Å². The molecular formula is C44H42F3N7O7S. The molecule has 5 aromatic rings. The zero-order valence-electron chi connectivity index (χ0n) is 33.8. The van der Waals surface area contributed by atoms with E-state index in [0.717, 1.165) is 12.1 Å². The monoisotopic (exact) mass is 869 g/mol. The van der Waals surface area contributed by atoms with Gasteiger partial charge in [0, 0.05) is 29.0 Å². The number of rotatable bonds is 12. The van der Waals surface area contributed by atoms with Crippen LogP contribution in [-0.2, 0) is 30.6 Å². The van der Waals surface area contributed by atoms with Crippen LogP contribution in [0.15, 0.2) is 89.9 Å². The lowest BCUT2D eigenvalue weighted by Gasteiger charge is -2.36. The van der Waals surface area contributed by atoms with Gasteiger partial charge < -0.3 is 24.7 Å². The summed E-state index contributed by atoms with van der Waals surface area (Å²) in [6.07, 6.45) is -3.26. The number of alkyl halides is 3. The molecule has 0 radical (unpaired) electrons. The van der Waals surface area contributed by atoms with Crippen molar-refractivity contribution < 1.29 is 45.1 Å². The minimum Gasteiger partial charge on any atom is -0.470 e. The molecule has 3 aliphatic rings. The largest absolute Gasteiger partial charge is 0.470 e. The lowest BCUT2D eigenvalue weighted by atomic mass is 9.85. The molecule has 3 heterocycles. The molecule has 1 saturated heterocycles. The maximum Gasteiger partial charge on any atom is 0.416 e. The number of hydrogen-bond acceptors (Lipinski definition) is 11. The molecule has 3 amide bonds. The van der Waals surface area contributed by atoms with Gasteiger partial charge in [0.15, 0.2) is 5.82 Å². The summed E-state index contributed by atoms with van der Waals surface area (Å²) in [7, 11) is -3.97. The fourth-order valence-corrected chi connectivity index (χ4v) is 9.12. The Labute approximate surface area is 354 Å². The molecule has 2 aliphatic carbocycles. The van der Waals surface area contributed by atoms with Crippen LogP contribution < -0.4 is 20.1 Å². The van der Waals surface area contributed by atoms with E-state index in [1.807, 2.05) is 20.8 Å². The molecule has 3 fully saturated rings. The lowest BCUT2D eigenvalue weighted by Crippen LogP contribution is -2.58. The van der Waals surface area contributed by atoms with Crippen molar-refractivity contribution in [3.05, 3.63) is 96.6 Å². The Morgan fingerprint density at radius 3 is 2.34 bits per heavy atom. The van der Waals surface area contributed by atoms with E-state index in [2.05, 4.69) is 38.0 Å². The van der Waals surface area contributed by atoms with Gasteiger partial charge in [-0.05, 0) is 73.2 Å². The quantitative estimate of drug-likeness (QED) is 0.116. The highest BCUT2D eigenvalue weighted by molar-refractivity contribution is 7.91. The van der Waals surface area contributed by atoms with Crippen molar-refractivity contribution in [1.82, 2.24) is 24.9 Å². The summed E-state index contributed by atoms with van der Waals surface area (Å²) in [4.78, 5) is 53.7. The number of benzene rings is 3. The van der Waals surface area contributed by atoms with Gasteiger partial charge in [0.2, 0.25) is 27.4 Å². The number of halogens is 3. The number of nitrogens with zero attached hydrogens (tertiary/aromatic N) is 4. The number of hydrogen-bond donors (Lipinski definition) is 3. The fourth-order valence-electron chi connectivity index (χ4n) is 7.76. The molecule has 5 atom stereocenters. The number of nitrogens with one attached hydrogen (secondary N) is 3. The molecule has 3 aromatic carbocycles. The molecule has 2 aromatic heterocycles. The van der Waals surface area contributed by atoms with Gasteiger partial charge in [0.05, 0.1) is 29.0 Å². The van der Waals surface area contributed by atoms with Crippen LogP contribution in [0.3, 0.4) is 0 Å². The Morgan fingerprint density at radius 2 is 1.73 bits per heavy atom. The molecule has 2 saturated carbocycles. The number of furan rings is 1. The minimum absolute atomic E-state index is 0.0331. The third-order valence-corrected chi connectivity index (χ3v) is 13.3. The second-order valence-corrected chi connectivity index (χ2v) is 19.0. The number of carbonyl (C=O) groups is 3. The SMILES string of the molecule is C=C[C@@H]1C[C@]1(NC(=O)[C@@H]1C[C@@H](Oc2nc(-c3ccc(C(F)(F)F)cc3)nc3c2oc2ccccc23)CN1C(=O)[C@@H](Nc1ccc(C#N)cc1)C(C)(C)C)C(=O)NS(=O)(=O)C1CC1. The van der Waals surface area contributed by atoms with Crippen molar-refractivity contribution >= 4 is 55.5 Å². The number of ether oxygens (including phenoxy) is 1. The summed E-state index contributed by atoms with van der Waals surface area (Å²) in [6.45, 7) is 9.13. The number of anilines is 1. The molecule has 14 nitrogen and oxygen atoms in total. The van der Waals surface area contributed by atoms with Crippen molar-refractivity contribution in [3.63, 3.8) is 0 Å². The molecule has 322 valence electrons. The first-order chi connectivity index (χ1) is 29.3. The highest BCUT2D eigenvalue weighted by atomic mass is 32.2. The average Bonchev–Trinajstić information content (AvgIpc) is 4.14. The molecular weight excluding hydrogens is 828 g/mol. The summed E-state index contributed by atoms with van der Waals surface area (Å²) in [6, 6.07) is 17.7. The Morgan fingerprint density at radius 1 is 1.03 bits per heavy atom. The molecule has 62 heavy (non-hydrogen) atoms. The third kappa shape index (κ3) is 8.16. The number of aromatic nitrogens is 2. The summed E-state index contributed by atoms with van der Waals surface area (Å²) in [5.41, 5.74) is -1.16. The van der Waals surface area contributed by atoms with Gasteiger partial charge in [-0.25, -0.2) is 13.4 Å². The van der Waals surface area contributed by atoms with E-state index in [9.17, 15) is 41.2 Å². The number of amides is 3. The average molecular weight is 870 g/mol. The number of para-hydroxylation sites is 1. The number of likely N-dealkylation sites (tertiary alicyclic amines) is 1. The van der Waals surface area contributed by atoms with Crippen molar-refractivity contribution in [2.75, 3.05) is 11.9 Å². The van der Waals surface area contributed by atoms with Crippen LogP contribution in [0.1, 0.15) is 57.6 Å². The van der Waals surface area contributed by atoms with Crippen LogP contribution in [0, 0.1) is 22.7 Å². The number of carbonyl (C=O) groups excluding carboxylic acids is 3. The second kappa shape index (κ2) is 15.5. The van der Waals surface area contributed by atoms with Crippen LogP contribution in [0.5, 0.6) is 5.88 Å². The number of fused-ring (bicyclic) bond motifs is 3. The molecule has 8 rings (SSSR count). The normalized spacial score (nSPS) is 21.8. The molecule has 0 bridgehead atoms. The predicted molar refractivity (Wildman–Crippen MR) is 222 cm³/mol. The lowest BCUT2D eigenvalue weighted by molar-refractivity contribution is -0.141. The van der Waals surface area contributed by atoms with Crippen LogP contribution >= 0.6 is 0 Å². The topological polar surface area (TPSA) is 197 Å². The van der Waals surface area contributed by atoms with Gasteiger partial charge in [0.1, 0.15) is 34.8 Å². The van der Waals surface area contributed by atoms with Gasteiger partial charge in [-0.2, -0.15) is 23.4 Å². The minimum atomic E-state index is -4.57. The van der Waals surface area contributed by atoms with E-state index >= 15 is 0 Å². The Bertz CT molecular complexity index is 2760. The highest BCUT2D eigenvalue weighted by Gasteiger charge is 2.62. The zero-order chi connectivity index (χ0) is 44.4. The van der Waals surface area contributed by atoms with Gasteiger partial charge in [-0.3, -0.25) is 19.1 Å². The van der Waals surface area contributed by atoms with E-state index in [-0.39, 0.29) is 42.2 Å². The number of sulfonamides is 1. The summed E-state index contributed by atoms with van der Waals surface area (Å²) in [5.74, 6) is -2.78. The Hall–Kier alpha value is -6.48. The molecule has 18 heteroatoms. The van der Waals surface area contributed by atoms with E-state index in [1.165, 1.54) is 23.1 Å². The van der Waals surface area contributed by atoms with Crippen LogP contribution in [0.4, 0.5) is 18.9 Å². The van der Waals surface area contributed by atoms with Crippen molar-refractivity contribution in [2.24, 2.45) is 11.3 Å². The fraction of sp³-hybridized carbons (Fsp3) is 0.364. The standard InChI is InChI=1S/C44H42F3N7O7S/c1-5-26-21-43(26,41(57)53-62(58,59)30-18-19-30)52-38(55)32-20-29(23-54(32)40(56)36(42(2,3)4)49-28-16-10-24(22-48)11-17-28)60-39-35-34(31-8-6-7-9-33(31)61-35)50-37(51-39)25-12-14-27(15-13-25)44(45,46)47/h5-17,26,29-30,32,36,49H,1,18-21,23H2,2-4H3,(H,52,55)(H,53,57)/t26-,29-,32+,36-,43-/m1/s1. The third-order valence-electron chi connectivity index (χ3n) is 11.5. The predicted octanol–water partition coefficient (Wildman–Crippen LogP) is 6.48. The van der Waals surface area contributed by atoms with Gasteiger partial charge in [-0.15, -0.1) is 6.58 Å². The Kier molecular flexibility index (Phi) is 10.5. The number of nitriles is 1. The first-order valence-corrected chi connectivity index (χ1v) is 21.5. The van der Waals surface area contributed by atoms with Crippen molar-refractivity contribution in [1.29, 1.82) is 5.26 Å². The molecule has 0 spiro atoms. The van der Waals surface area contributed by atoms with Gasteiger partial charge >= 0.3 is 6.18 Å². The van der Waals surface area contributed by atoms with E-state index in [1.54, 1.807) is 48.5 Å². The first kappa shape index (κ1) is 42.2. The highest BCUT2D eigenvalue weighted by Crippen LogP contribution is 2.46. The summed E-state index contributed by atoms with van der Waals surface area (Å²) in [5, 5.41) is 15.3. The molecule has 3 N–H and O–H groups in total. The smallest absolute Gasteiger partial charge is 0.416 e. The van der Waals surface area contributed by atoms with Crippen LogP contribution in [-0.4, -0.2) is 76.5 Å². The van der Waals surface area contributed by atoms with Crippen molar-refractivity contribution in [2.45, 2.75) is 81.6 Å². The van der Waals surface area contributed by atoms with E-state index in [4.69, 9.17) is 9.15 Å². The maximum atomic E-state index is 14.9. The first-order valence-electron chi connectivity index (χ1n) is 19.9. The zero-order valence-corrected chi connectivity index (χ0v) is 34.6. The van der Waals surface area contributed by atoms with Crippen LogP contribution in [0.25, 0.3) is 33.5 Å². The van der Waals surface area contributed by atoms with Gasteiger partial charge in [-0.1, -0.05) is 51.1 Å². The van der Waals surface area contributed by atoms with Crippen molar-refractivity contribution in [3.8, 4) is 23.3 Å². The van der Waals surface area contributed by atoms with Gasteiger partial charge in [0.25, 0.3) is 11.8 Å².